The minimum atomic E-state index is -0.145. The lowest BCUT2D eigenvalue weighted by atomic mass is 9.81. The molecular weight excluding hydrogens is 422 g/mol. The van der Waals surface area contributed by atoms with Crippen LogP contribution in [0, 0.1) is 0 Å². The molecule has 1 atom stereocenters. The van der Waals surface area contributed by atoms with Gasteiger partial charge in [0, 0.05) is 23.0 Å². The molecule has 1 amide bonds. The first-order valence-electron chi connectivity index (χ1n) is 10.5. The molecule has 0 saturated heterocycles. The Kier molecular flexibility index (Phi) is 5.24. The predicted molar refractivity (Wildman–Crippen MR) is 128 cm³/mol. The molecule has 0 fully saturated rings. The van der Waals surface area contributed by atoms with Gasteiger partial charge in [0.25, 0.3) is 0 Å². The number of phenolic OH excluding ortho intramolecular Hbond substituents is 1. The zero-order chi connectivity index (χ0) is 22.2. The Bertz CT molecular complexity index is 1330. The molecule has 0 bridgehead atoms. The van der Waals surface area contributed by atoms with Crippen molar-refractivity contribution in [3.05, 3.63) is 101 Å². The lowest BCUT2D eigenvalue weighted by Gasteiger charge is -2.35. The summed E-state index contributed by atoms with van der Waals surface area (Å²) in [6.45, 7) is 0.455. The Hall–Kier alpha value is -3.50. The van der Waals surface area contributed by atoms with E-state index in [9.17, 15) is 9.90 Å². The smallest absolute Gasteiger partial charge is 0.228 e. The van der Waals surface area contributed by atoms with Gasteiger partial charge in [0.2, 0.25) is 5.91 Å². The highest BCUT2D eigenvalue weighted by Gasteiger charge is 2.34. The van der Waals surface area contributed by atoms with Gasteiger partial charge in [-0.05, 0) is 57.8 Å². The second-order valence-electron chi connectivity index (χ2n) is 8.02. The number of hydrogen-bond acceptors (Lipinski definition) is 3. The highest BCUT2D eigenvalue weighted by molar-refractivity contribution is 6.30. The highest BCUT2D eigenvalue weighted by Crippen LogP contribution is 2.45. The van der Waals surface area contributed by atoms with Gasteiger partial charge in [0.1, 0.15) is 0 Å². The predicted octanol–water partition coefficient (Wildman–Crippen LogP) is 6.28. The number of carbonyl (C=O) groups excluding carboxylic acids is 1. The van der Waals surface area contributed by atoms with E-state index in [1.165, 1.54) is 7.11 Å². The van der Waals surface area contributed by atoms with E-state index in [2.05, 4.69) is 18.2 Å². The van der Waals surface area contributed by atoms with Crippen LogP contribution in [0.15, 0.2) is 78.9 Å². The van der Waals surface area contributed by atoms with Crippen LogP contribution in [-0.4, -0.2) is 18.1 Å². The molecule has 4 nitrogen and oxygen atoms in total. The molecule has 1 N–H and O–H groups in total. The van der Waals surface area contributed by atoms with Crippen molar-refractivity contribution in [3.8, 4) is 11.5 Å². The number of rotatable bonds is 4. The number of hydrogen-bond donors (Lipinski definition) is 1. The number of halogens is 1. The molecule has 1 unspecified atom stereocenters. The molecule has 32 heavy (non-hydrogen) atoms. The largest absolute Gasteiger partial charge is 0.504 e. The summed E-state index contributed by atoms with van der Waals surface area (Å²) in [5.41, 5.74) is 3.93. The van der Waals surface area contributed by atoms with Gasteiger partial charge in [-0.2, -0.15) is 0 Å². The molecule has 1 heterocycles. The third kappa shape index (κ3) is 3.57. The van der Waals surface area contributed by atoms with E-state index >= 15 is 0 Å². The van der Waals surface area contributed by atoms with Gasteiger partial charge in [0.15, 0.2) is 11.5 Å². The zero-order valence-corrected chi connectivity index (χ0v) is 18.3. The van der Waals surface area contributed by atoms with Gasteiger partial charge in [-0.15, -0.1) is 0 Å². The number of phenols is 1. The van der Waals surface area contributed by atoms with Crippen molar-refractivity contribution in [2.75, 3.05) is 12.0 Å². The van der Waals surface area contributed by atoms with Gasteiger partial charge in [-0.1, -0.05) is 60.1 Å². The summed E-state index contributed by atoms with van der Waals surface area (Å²) in [5.74, 6) is 0.385. The SMILES string of the molecule is COc1cc(C2CC(=O)N(Cc3cccc(Cl)c3)c3ccc4ccccc4c32)ccc1O. The van der Waals surface area contributed by atoms with Crippen molar-refractivity contribution in [3.63, 3.8) is 0 Å². The number of amides is 1. The lowest BCUT2D eigenvalue weighted by Crippen LogP contribution is -2.36. The number of benzene rings is 4. The third-order valence-electron chi connectivity index (χ3n) is 6.10. The van der Waals surface area contributed by atoms with E-state index in [1.807, 2.05) is 59.5 Å². The topological polar surface area (TPSA) is 49.8 Å². The maximum Gasteiger partial charge on any atom is 0.228 e. The number of ether oxygens (including phenoxy) is 1. The van der Waals surface area contributed by atoms with Crippen LogP contribution in [0.5, 0.6) is 11.5 Å². The first-order valence-corrected chi connectivity index (χ1v) is 10.9. The van der Waals surface area contributed by atoms with Crippen LogP contribution in [0.1, 0.15) is 29.0 Å². The standard InChI is InChI=1S/C27H22ClNO3/c1-32-25-14-19(10-12-24(25)30)22-15-26(31)29(16-17-5-4-7-20(28)13-17)23-11-9-18-6-2-3-8-21(18)27(22)23/h2-14,22,30H,15-16H2,1H3. The number of methoxy groups -OCH3 is 1. The molecule has 1 aliphatic heterocycles. The fraction of sp³-hybridized carbons (Fsp3) is 0.148. The van der Waals surface area contributed by atoms with Crippen LogP contribution >= 0.6 is 11.6 Å². The average Bonchev–Trinajstić information content (AvgIpc) is 2.80. The Morgan fingerprint density at radius 3 is 2.69 bits per heavy atom. The molecule has 160 valence electrons. The Morgan fingerprint density at radius 1 is 1.03 bits per heavy atom. The van der Waals surface area contributed by atoms with E-state index in [-0.39, 0.29) is 17.6 Å². The summed E-state index contributed by atoms with van der Waals surface area (Å²) in [7, 11) is 1.53. The fourth-order valence-electron chi connectivity index (χ4n) is 4.59. The van der Waals surface area contributed by atoms with E-state index in [1.54, 1.807) is 6.07 Å². The molecule has 0 radical (unpaired) electrons. The molecule has 0 spiro atoms. The van der Waals surface area contributed by atoms with Crippen LogP contribution in [0.25, 0.3) is 10.8 Å². The highest BCUT2D eigenvalue weighted by atomic mass is 35.5. The van der Waals surface area contributed by atoms with Crippen molar-refractivity contribution < 1.29 is 14.6 Å². The number of aromatic hydroxyl groups is 1. The second kappa shape index (κ2) is 8.21. The number of fused-ring (bicyclic) bond motifs is 3. The number of carbonyl (C=O) groups is 1. The fourth-order valence-corrected chi connectivity index (χ4v) is 4.81. The molecule has 0 aliphatic carbocycles. The van der Waals surface area contributed by atoms with Crippen molar-refractivity contribution in [2.24, 2.45) is 0 Å². The van der Waals surface area contributed by atoms with Crippen molar-refractivity contribution in [2.45, 2.75) is 18.9 Å². The molecule has 4 aromatic carbocycles. The molecular formula is C27H22ClNO3. The van der Waals surface area contributed by atoms with E-state index in [0.717, 1.165) is 33.2 Å². The van der Waals surface area contributed by atoms with Crippen LogP contribution < -0.4 is 9.64 Å². The van der Waals surface area contributed by atoms with E-state index in [4.69, 9.17) is 16.3 Å². The quantitative estimate of drug-likeness (QED) is 0.404. The van der Waals surface area contributed by atoms with Crippen LogP contribution in [-0.2, 0) is 11.3 Å². The van der Waals surface area contributed by atoms with E-state index < -0.39 is 0 Å². The van der Waals surface area contributed by atoms with E-state index in [0.29, 0.717) is 23.7 Å². The van der Waals surface area contributed by atoms with Crippen molar-refractivity contribution in [1.82, 2.24) is 0 Å². The molecule has 1 aliphatic rings. The van der Waals surface area contributed by atoms with Gasteiger partial charge >= 0.3 is 0 Å². The Morgan fingerprint density at radius 2 is 1.88 bits per heavy atom. The van der Waals surface area contributed by atoms with Crippen LogP contribution in [0.4, 0.5) is 5.69 Å². The van der Waals surface area contributed by atoms with Gasteiger partial charge < -0.3 is 14.7 Å². The normalized spacial score (nSPS) is 15.6. The third-order valence-corrected chi connectivity index (χ3v) is 6.34. The number of nitrogens with zero attached hydrogens (tertiary/aromatic N) is 1. The van der Waals surface area contributed by atoms with Gasteiger partial charge in [-0.3, -0.25) is 4.79 Å². The Labute approximate surface area is 191 Å². The average molecular weight is 444 g/mol. The Balaban J connectivity index is 1.68. The second-order valence-corrected chi connectivity index (χ2v) is 8.45. The first kappa shape index (κ1) is 20.4. The van der Waals surface area contributed by atoms with Gasteiger partial charge in [0.05, 0.1) is 13.7 Å². The summed E-state index contributed by atoms with van der Waals surface area (Å²) in [6, 6.07) is 25.3. The molecule has 5 rings (SSSR count). The maximum absolute atomic E-state index is 13.4. The molecule has 0 saturated carbocycles. The van der Waals surface area contributed by atoms with Crippen molar-refractivity contribution in [1.29, 1.82) is 0 Å². The maximum atomic E-state index is 13.4. The molecule has 4 aromatic rings. The van der Waals surface area contributed by atoms with Crippen molar-refractivity contribution >= 4 is 34.0 Å². The van der Waals surface area contributed by atoms with Crippen LogP contribution in [0.2, 0.25) is 5.02 Å². The summed E-state index contributed by atoms with van der Waals surface area (Å²) in [4.78, 5) is 15.2. The lowest BCUT2D eigenvalue weighted by molar-refractivity contribution is -0.119. The summed E-state index contributed by atoms with van der Waals surface area (Å²) in [6.07, 6.45) is 0.329. The monoisotopic (exact) mass is 443 g/mol. The molecule has 5 heteroatoms. The summed E-state index contributed by atoms with van der Waals surface area (Å²) in [5, 5.41) is 13.0. The molecule has 0 aromatic heterocycles. The number of anilines is 1. The minimum Gasteiger partial charge on any atom is -0.504 e. The summed E-state index contributed by atoms with van der Waals surface area (Å²) < 4.78 is 5.33. The minimum absolute atomic E-state index is 0.0461. The van der Waals surface area contributed by atoms with Gasteiger partial charge in [-0.25, -0.2) is 0 Å². The zero-order valence-electron chi connectivity index (χ0n) is 17.6. The summed E-state index contributed by atoms with van der Waals surface area (Å²) >= 11 is 6.19. The van der Waals surface area contributed by atoms with Crippen LogP contribution in [0.3, 0.4) is 0 Å². The first-order chi connectivity index (χ1) is 15.5.